The van der Waals surface area contributed by atoms with Crippen LogP contribution in [0.3, 0.4) is 0 Å². The van der Waals surface area contributed by atoms with Crippen LogP contribution in [0.25, 0.3) is 0 Å². The van der Waals surface area contributed by atoms with Gasteiger partial charge in [-0.15, -0.1) is 0 Å². The number of nitrogens with zero attached hydrogens (tertiary/aromatic N) is 1. The van der Waals surface area contributed by atoms with Gasteiger partial charge in [-0.1, -0.05) is 6.92 Å². The Morgan fingerprint density at radius 2 is 1.87 bits per heavy atom. The van der Waals surface area contributed by atoms with E-state index in [4.69, 9.17) is 9.47 Å². The molecule has 7 bridgehead atoms. The monoisotopic (exact) mass is 423 g/mol. The smallest absolute Gasteiger partial charge is 0.0796 e. The molecule has 6 unspecified atom stereocenters. The van der Waals surface area contributed by atoms with Crippen molar-refractivity contribution in [1.82, 2.24) is 4.90 Å². The van der Waals surface area contributed by atoms with Crippen LogP contribution in [0.4, 0.5) is 0 Å². The fourth-order valence-corrected chi connectivity index (χ4v) is 10.4. The van der Waals surface area contributed by atoms with Crippen LogP contribution in [-0.2, 0) is 9.47 Å². The van der Waals surface area contributed by atoms with Crippen molar-refractivity contribution in [2.45, 2.75) is 68.7 Å². The first-order valence-electron chi connectivity index (χ1n) is 11.8. The lowest BCUT2D eigenvalue weighted by Gasteiger charge is -2.68. The van der Waals surface area contributed by atoms with Gasteiger partial charge in [0, 0.05) is 67.7 Å². The van der Waals surface area contributed by atoms with E-state index >= 15 is 0 Å². The summed E-state index contributed by atoms with van der Waals surface area (Å²) in [4.78, 5) is 2.42. The molecule has 13 atom stereocenters. The average molecular weight is 424 g/mol. The maximum atomic E-state index is 12.3. The van der Waals surface area contributed by atoms with Crippen LogP contribution >= 0.6 is 0 Å². The number of likely N-dealkylation sites (tertiary alicyclic amines) is 1. The Hall–Kier alpha value is -0.280. The molecule has 5 saturated carbocycles. The summed E-state index contributed by atoms with van der Waals surface area (Å²) in [6, 6.07) is -0.0735. The molecule has 1 spiro atoms. The minimum atomic E-state index is -1.18. The van der Waals surface area contributed by atoms with E-state index in [-0.39, 0.29) is 47.2 Å². The van der Waals surface area contributed by atoms with Crippen molar-refractivity contribution in [2.24, 2.45) is 40.4 Å². The van der Waals surface area contributed by atoms with E-state index < -0.39 is 29.3 Å². The van der Waals surface area contributed by atoms with Gasteiger partial charge in [0.1, 0.15) is 0 Å². The number of methoxy groups -OCH3 is 2. The summed E-state index contributed by atoms with van der Waals surface area (Å²) in [5.74, 6) is -0.843. The molecule has 6 fully saturated rings. The first kappa shape index (κ1) is 20.3. The molecule has 7 heteroatoms. The number of hydrogen-bond donors (Lipinski definition) is 4. The zero-order valence-electron chi connectivity index (χ0n) is 18.3. The number of ether oxygens (including phenoxy) is 2. The normalized spacial score (nSPS) is 63.3. The van der Waals surface area contributed by atoms with E-state index in [1.807, 2.05) is 0 Å². The van der Waals surface area contributed by atoms with E-state index in [0.29, 0.717) is 19.4 Å². The largest absolute Gasteiger partial charge is 0.392 e. The minimum absolute atomic E-state index is 0.0158. The second-order valence-electron chi connectivity index (χ2n) is 11.3. The van der Waals surface area contributed by atoms with Crippen LogP contribution in [0.15, 0.2) is 0 Å². The Labute approximate surface area is 178 Å². The highest BCUT2D eigenvalue weighted by Gasteiger charge is 2.85. The fraction of sp³-hybridized carbons (Fsp3) is 1.00. The standard InChI is InChI=1S/C23H37NO6/c1-4-24-9-21(10-29-2)6-5-14(25)23-12-7-11-13(30-3)8-22(28,15(12)17(11)26)16(20(23)24)18(27)19(21)23/h11-20,25-28H,4-10H2,1-3H3/t11-,12?,13+,14+,15?,16?,17+,18+,19?,20?,21+,22-,23?/m1/s1. The van der Waals surface area contributed by atoms with Crippen molar-refractivity contribution in [3.63, 3.8) is 0 Å². The number of aliphatic hydroxyl groups excluding tert-OH is 3. The molecule has 170 valence electrons. The van der Waals surface area contributed by atoms with Gasteiger partial charge < -0.3 is 29.9 Å². The first-order valence-corrected chi connectivity index (χ1v) is 11.8. The quantitative estimate of drug-likeness (QED) is 0.499. The summed E-state index contributed by atoms with van der Waals surface area (Å²) in [5, 5.41) is 47.2. The van der Waals surface area contributed by atoms with E-state index in [9.17, 15) is 20.4 Å². The van der Waals surface area contributed by atoms with E-state index in [2.05, 4.69) is 11.8 Å². The fourth-order valence-electron chi connectivity index (χ4n) is 10.4. The highest BCUT2D eigenvalue weighted by Crippen LogP contribution is 2.78. The maximum Gasteiger partial charge on any atom is 0.0796 e. The maximum absolute atomic E-state index is 12.3. The van der Waals surface area contributed by atoms with Gasteiger partial charge in [0.25, 0.3) is 0 Å². The average Bonchev–Trinajstić information content (AvgIpc) is 3.11. The Balaban J connectivity index is 1.61. The second kappa shape index (κ2) is 6.19. The lowest BCUT2D eigenvalue weighted by Crippen LogP contribution is -2.76. The Bertz CT molecular complexity index is 736. The molecule has 4 N–H and O–H groups in total. The van der Waals surface area contributed by atoms with Gasteiger partial charge in [-0.25, -0.2) is 0 Å². The molecule has 1 saturated heterocycles. The van der Waals surface area contributed by atoms with Crippen molar-refractivity contribution >= 4 is 0 Å². The van der Waals surface area contributed by atoms with Gasteiger partial charge in [0.2, 0.25) is 0 Å². The van der Waals surface area contributed by atoms with E-state index in [0.717, 1.165) is 25.9 Å². The Morgan fingerprint density at radius 1 is 1.10 bits per heavy atom. The molecule has 30 heavy (non-hydrogen) atoms. The first-order chi connectivity index (χ1) is 14.3. The zero-order valence-corrected chi connectivity index (χ0v) is 18.3. The van der Waals surface area contributed by atoms with Crippen molar-refractivity contribution < 1.29 is 29.9 Å². The Morgan fingerprint density at radius 3 is 2.53 bits per heavy atom. The zero-order chi connectivity index (χ0) is 21.2. The van der Waals surface area contributed by atoms with Crippen LogP contribution in [-0.4, -0.2) is 95.3 Å². The van der Waals surface area contributed by atoms with Gasteiger partial charge in [0.15, 0.2) is 0 Å². The van der Waals surface area contributed by atoms with Crippen LogP contribution in [0.5, 0.6) is 0 Å². The number of fused-ring (bicyclic) bond motifs is 2. The summed E-state index contributed by atoms with van der Waals surface area (Å²) in [7, 11) is 3.38. The molecule has 0 aromatic heterocycles. The van der Waals surface area contributed by atoms with Crippen LogP contribution < -0.4 is 0 Å². The van der Waals surface area contributed by atoms with Crippen molar-refractivity contribution in [2.75, 3.05) is 33.9 Å². The molecule has 0 radical (unpaired) electrons. The Kier molecular flexibility index (Phi) is 4.19. The third-order valence-corrected chi connectivity index (χ3v) is 10.9. The number of rotatable bonds is 4. The van der Waals surface area contributed by atoms with Gasteiger partial charge in [-0.2, -0.15) is 0 Å². The van der Waals surface area contributed by atoms with Crippen molar-refractivity contribution in [1.29, 1.82) is 0 Å². The molecule has 5 aliphatic carbocycles. The predicted octanol–water partition coefficient (Wildman–Crippen LogP) is -0.152. The molecule has 6 rings (SSSR count). The molecule has 1 aliphatic heterocycles. The summed E-state index contributed by atoms with van der Waals surface area (Å²) < 4.78 is 11.5. The van der Waals surface area contributed by atoms with Crippen LogP contribution in [0.1, 0.15) is 32.6 Å². The summed E-state index contributed by atoms with van der Waals surface area (Å²) >= 11 is 0. The molecule has 7 nitrogen and oxygen atoms in total. The van der Waals surface area contributed by atoms with Gasteiger partial charge in [0.05, 0.1) is 36.6 Å². The second-order valence-corrected chi connectivity index (χ2v) is 11.3. The van der Waals surface area contributed by atoms with Gasteiger partial charge in [-0.05, 0) is 31.7 Å². The van der Waals surface area contributed by atoms with E-state index in [1.54, 1.807) is 14.2 Å². The van der Waals surface area contributed by atoms with Crippen molar-refractivity contribution in [3.05, 3.63) is 0 Å². The van der Waals surface area contributed by atoms with E-state index in [1.165, 1.54) is 0 Å². The third kappa shape index (κ3) is 1.91. The molecule has 0 aromatic carbocycles. The van der Waals surface area contributed by atoms with Crippen LogP contribution in [0, 0.1) is 40.4 Å². The molecule has 0 aromatic rings. The highest BCUT2D eigenvalue weighted by molar-refractivity contribution is 5.35. The van der Waals surface area contributed by atoms with Gasteiger partial charge in [-0.3, -0.25) is 4.90 Å². The molecule has 1 heterocycles. The SMILES string of the molecule is CCN1C[C@]2(COC)CC[C@H](O)C34C5C[C@@H]6[C@@H](OC)C[C@](O)(C(C13)[C@H](O)C42)C5[C@H]6O. The highest BCUT2D eigenvalue weighted by atomic mass is 16.5. The summed E-state index contributed by atoms with van der Waals surface area (Å²) in [6.45, 7) is 4.34. The third-order valence-electron chi connectivity index (χ3n) is 10.9. The van der Waals surface area contributed by atoms with Gasteiger partial charge >= 0.3 is 0 Å². The molecular weight excluding hydrogens is 386 g/mol. The number of piperidine rings is 1. The minimum Gasteiger partial charge on any atom is -0.392 e. The lowest BCUT2D eigenvalue weighted by molar-refractivity contribution is -0.272. The summed E-state index contributed by atoms with van der Waals surface area (Å²) in [5.41, 5.74) is -1.92. The number of hydrogen-bond acceptors (Lipinski definition) is 7. The summed E-state index contributed by atoms with van der Waals surface area (Å²) in [6.07, 6.45) is 0.615. The lowest BCUT2D eigenvalue weighted by atomic mass is 9.43. The molecule has 0 amide bonds. The topological polar surface area (TPSA) is 103 Å². The van der Waals surface area contributed by atoms with Crippen LogP contribution in [0.2, 0.25) is 0 Å². The predicted molar refractivity (Wildman–Crippen MR) is 107 cm³/mol. The number of aliphatic hydroxyl groups is 4. The molecular formula is C23H37NO6. The molecule has 6 aliphatic rings. The van der Waals surface area contributed by atoms with Crippen molar-refractivity contribution in [3.8, 4) is 0 Å².